The van der Waals surface area contributed by atoms with Gasteiger partial charge in [-0.05, 0) is 49.2 Å². The second-order valence-corrected chi connectivity index (χ2v) is 10.4. The molecule has 1 aliphatic carbocycles. The number of anilines is 1. The zero-order valence-corrected chi connectivity index (χ0v) is 19.3. The molecule has 11 heteroatoms. The van der Waals surface area contributed by atoms with Crippen molar-refractivity contribution < 1.29 is 13.2 Å². The highest BCUT2D eigenvalue weighted by Gasteiger charge is 2.26. The maximum Gasteiger partial charge on any atom is 0.263 e. The van der Waals surface area contributed by atoms with Gasteiger partial charge in [-0.25, -0.2) is 13.4 Å². The van der Waals surface area contributed by atoms with Crippen molar-refractivity contribution in [2.75, 3.05) is 4.72 Å². The number of benzene rings is 2. The third kappa shape index (κ3) is 4.57. The van der Waals surface area contributed by atoms with Crippen LogP contribution in [0.2, 0.25) is 5.02 Å². The van der Waals surface area contributed by atoms with Gasteiger partial charge in [0, 0.05) is 29.1 Å². The fourth-order valence-electron chi connectivity index (χ4n) is 3.27. The molecule has 0 saturated heterocycles. The Morgan fingerprint density at radius 1 is 1.21 bits per heavy atom. The normalized spacial score (nSPS) is 13.5. The lowest BCUT2D eigenvalue weighted by molar-refractivity contribution is 0.480. The van der Waals surface area contributed by atoms with Gasteiger partial charge in [0.2, 0.25) is 0 Å². The first-order valence-electron chi connectivity index (χ1n) is 9.92. The van der Waals surface area contributed by atoms with Crippen LogP contribution in [0.4, 0.5) is 5.13 Å². The molecule has 33 heavy (non-hydrogen) atoms. The minimum absolute atomic E-state index is 0.0688. The van der Waals surface area contributed by atoms with E-state index in [1.165, 1.54) is 24.4 Å². The Bertz CT molecular complexity index is 1470. The number of hydrogen-bond donors (Lipinski definition) is 2. The fourth-order valence-corrected chi connectivity index (χ4v) is 5.36. The van der Waals surface area contributed by atoms with Crippen LogP contribution in [0.1, 0.15) is 30.0 Å². The highest BCUT2D eigenvalue weighted by molar-refractivity contribution is 7.93. The van der Waals surface area contributed by atoms with Crippen LogP contribution in [-0.2, 0) is 10.0 Å². The Morgan fingerprint density at radius 3 is 2.76 bits per heavy atom. The zero-order valence-electron chi connectivity index (χ0n) is 16.9. The molecule has 0 radical (unpaired) electrons. The molecule has 2 heterocycles. The summed E-state index contributed by atoms with van der Waals surface area (Å²) in [7, 11) is -3.89. The first-order chi connectivity index (χ1) is 15.9. The van der Waals surface area contributed by atoms with Crippen LogP contribution in [-0.4, -0.2) is 23.6 Å². The number of thiazole rings is 1. The van der Waals surface area contributed by atoms with E-state index in [1.54, 1.807) is 17.5 Å². The molecule has 1 saturated carbocycles. The maximum absolute atomic E-state index is 12.6. The van der Waals surface area contributed by atoms with Crippen LogP contribution in [0.5, 0.6) is 11.5 Å². The summed E-state index contributed by atoms with van der Waals surface area (Å²) in [6, 6.07) is 13.2. The van der Waals surface area contributed by atoms with Gasteiger partial charge < -0.3 is 4.74 Å². The van der Waals surface area contributed by atoms with Crippen LogP contribution in [0.25, 0.3) is 11.3 Å². The number of nitrogens with zero attached hydrogens (tertiary/aromatic N) is 3. The average Bonchev–Trinajstić information content (AvgIpc) is 3.30. The van der Waals surface area contributed by atoms with Gasteiger partial charge in [0.1, 0.15) is 17.6 Å². The molecule has 0 bridgehead atoms. The van der Waals surface area contributed by atoms with Crippen LogP contribution < -0.4 is 9.46 Å². The molecule has 8 nitrogen and oxygen atoms in total. The maximum atomic E-state index is 12.6. The minimum atomic E-state index is -3.89. The second-order valence-electron chi connectivity index (χ2n) is 7.44. The summed E-state index contributed by atoms with van der Waals surface area (Å²) < 4.78 is 33.4. The molecular weight excluding hydrogens is 482 g/mol. The largest absolute Gasteiger partial charge is 0.456 e. The predicted octanol–water partition coefficient (Wildman–Crippen LogP) is 5.53. The molecule has 4 aromatic rings. The van der Waals surface area contributed by atoms with Gasteiger partial charge >= 0.3 is 0 Å². The molecule has 0 amide bonds. The quantitative estimate of drug-likeness (QED) is 0.346. The van der Waals surface area contributed by atoms with Crippen LogP contribution >= 0.6 is 22.9 Å². The van der Waals surface area contributed by atoms with Gasteiger partial charge in [-0.15, -0.1) is 11.3 Å². The van der Waals surface area contributed by atoms with Crippen LogP contribution in [0.15, 0.2) is 58.9 Å². The number of rotatable bonds is 7. The highest BCUT2D eigenvalue weighted by Crippen LogP contribution is 2.41. The molecule has 0 spiro atoms. The summed E-state index contributed by atoms with van der Waals surface area (Å²) in [6.07, 6.45) is 3.81. The summed E-state index contributed by atoms with van der Waals surface area (Å²) in [5.41, 5.74) is 2.73. The van der Waals surface area contributed by atoms with E-state index >= 15 is 0 Å². The summed E-state index contributed by atoms with van der Waals surface area (Å²) in [4.78, 5) is 3.84. The lowest BCUT2D eigenvalue weighted by atomic mass is 10.1. The zero-order chi connectivity index (χ0) is 23.0. The van der Waals surface area contributed by atoms with Crippen molar-refractivity contribution in [1.82, 2.24) is 15.2 Å². The molecule has 2 aromatic carbocycles. The number of nitrogens with one attached hydrogen (secondary N) is 2. The number of H-pyrrole nitrogens is 1. The van der Waals surface area contributed by atoms with E-state index < -0.39 is 10.0 Å². The van der Waals surface area contributed by atoms with Crippen molar-refractivity contribution in [1.29, 1.82) is 5.26 Å². The van der Waals surface area contributed by atoms with Gasteiger partial charge in [-0.3, -0.25) is 9.82 Å². The minimum Gasteiger partial charge on any atom is -0.456 e. The highest BCUT2D eigenvalue weighted by atomic mass is 35.5. The number of ether oxygens (including phenoxy) is 1. The fraction of sp³-hybridized carbons (Fsp3) is 0.136. The lowest BCUT2D eigenvalue weighted by Crippen LogP contribution is -2.13. The Labute approximate surface area is 198 Å². The van der Waals surface area contributed by atoms with Crippen molar-refractivity contribution in [3.63, 3.8) is 0 Å². The third-order valence-electron chi connectivity index (χ3n) is 5.09. The average molecular weight is 498 g/mol. The summed E-state index contributed by atoms with van der Waals surface area (Å²) in [6.45, 7) is 0. The van der Waals surface area contributed by atoms with E-state index in [-0.39, 0.29) is 21.3 Å². The van der Waals surface area contributed by atoms with Crippen molar-refractivity contribution in [2.24, 2.45) is 0 Å². The van der Waals surface area contributed by atoms with E-state index in [9.17, 15) is 13.7 Å². The molecule has 0 unspecified atom stereocenters. The number of hydrogen-bond acceptors (Lipinski definition) is 7. The Hall–Kier alpha value is -3.39. The van der Waals surface area contributed by atoms with Crippen LogP contribution in [0.3, 0.4) is 0 Å². The summed E-state index contributed by atoms with van der Waals surface area (Å²) >= 11 is 7.63. The van der Waals surface area contributed by atoms with Crippen molar-refractivity contribution in [2.45, 2.75) is 23.7 Å². The number of aromatic nitrogens is 3. The van der Waals surface area contributed by atoms with Crippen molar-refractivity contribution in [3.8, 4) is 28.8 Å². The van der Waals surface area contributed by atoms with Crippen molar-refractivity contribution in [3.05, 3.63) is 70.3 Å². The Balaban J connectivity index is 1.37. The number of nitriles is 1. The molecule has 0 atom stereocenters. The van der Waals surface area contributed by atoms with E-state index in [0.29, 0.717) is 16.7 Å². The topological polar surface area (TPSA) is 121 Å². The predicted molar refractivity (Wildman–Crippen MR) is 125 cm³/mol. The van der Waals surface area contributed by atoms with E-state index in [4.69, 9.17) is 16.3 Å². The van der Waals surface area contributed by atoms with E-state index in [1.807, 2.05) is 18.2 Å². The molecule has 0 aliphatic heterocycles. The lowest BCUT2D eigenvalue weighted by Gasteiger charge is -2.11. The van der Waals surface area contributed by atoms with Crippen LogP contribution in [0, 0.1) is 11.3 Å². The third-order valence-corrected chi connectivity index (χ3v) is 7.55. The summed E-state index contributed by atoms with van der Waals surface area (Å²) in [5, 5.41) is 19.3. The van der Waals surface area contributed by atoms with Gasteiger partial charge in [0.15, 0.2) is 5.13 Å². The molecule has 166 valence electrons. The number of halogens is 1. The molecule has 1 fully saturated rings. The smallest absolute Gasteiger partial charge is 0.263 e. The number of aromatic amines is 1. The number of sulfonamides is 1. The monoisotopic (exact) mass is 497 g/mol. The molecule has 5 rings (SSSR count). The Kier molecular flexibility index (Phi) is 5.54. The first-order valence-corrected chi connectivity index (χ1v) is 12.7. The first kappa shape index (κ1) is 21.5. The van der Waals surface area contributed by atoms with Gasteiger partial charge in [0.05, 0.1) is 26.9 Å². The van der Waals surface area contributed by atoms with E-state index in [2.05, 4.69) is 19.9 Å². The van der Waals surface area contributed by atoms with Crippen molar-refractivity contribution >= 4 is 38.1 Å². The molecule has 2 N–H and O–H groups in total. The van der Waals surface area contributed by atoms with E-state index in [0.717, 1.165) is 41.1 Å². The Morgan fingerprint density at radius 2 is 2.06 bits per heavy atom. The van der Waals surface area contributed by atoms with Gasteiger partial charge in [0.25, 0.3) is 10.0 Å². The molecule has 1 aliphatic rings. The molecule has 2 aromatic heterocycles. The standard InChI is InChI=1S/C22H16ClN5O3S2/c23-18-10-15(3-5-17(18)20-11-19(26-27-20)13-1-2-13)31-21-6-4-16(9-14(21)12-24)33(29,30)28-22-25-7-8-32-22/h3-11,13H,1-2H2,(H,25,28)(H,26,27). The van der Waals surface area contributed by atoms with Gasteiger partial charge in [-0.1, -0.05) is 11.6 Å². The SMILES string of the molecule is N#Cc1cc(S(=O)(=O)Nc2nccs2)ccc1Oc1ccc(-c2cc(C3CC3)n[nH]2)c(Cl)c1. The summed E-state index contributed by atoms with van der Waals surface area (Å²) in [5.74, 6) is 1.16. The second kappa shape index (κ2) is 8.51. The molecular formula is C22H16ClN5O3S2. The van der Waals surface area contributed by atoms with Gasteiger partial charge in [-0.2, -0.15) is 10.4 Å².